The summed E-state index contributed by atoms with van der Waals surface area (Å²) < 4.78 is 0.677. The van der Waals surface area contributed by atoms with Crippen LogP contribution in [0.5, 0.6) is 0 Å². The number of hydrogen-bond acceptors (Lipinski definition) is 2. The van der Waals surface area contributed by atoms with E-state index in [4.69, 9.17) is 12.6 Å². The molecule has 0 aliphatic carbocycles. The smallest absolute Gasteiger partial charge is 0.143 e. The Hall–Kier alpha value is -1.33. The number of hydrogen-bond donors (Lipinski definition) is 2. The molecule has 0 heterocycles. The van der Waals surface area contributed by atoms with Crippen molar-refractivity contribution in [2.75, 3.05) is 19.6 Å². The first-order chi connectivity index (χ1) is 30.2. The van der Waals surface area contributed by atoms with Gasteiger partial charge in [0.25, 0.3) is 0 Å². The molecule has 1 rings (SSSR count). The molecular formula is C57H105N3S+. The monoisotopic (exact) mass is 864 g/mol. The van der Waals surface area contributed by atoms with Gasteiger partial charge in [-0.2, -0.15) is 0 Å². The van der Waals surface area contributed by atoms with E-state index in [-0.39, 0.29) is 0 Å². The molecule has 0 aliphatic heterocycles. The van der Waals surface area contributed by atoms with E-state index < -0.39 is 0 Å². The van der Waals surface area contributed by atoms with Gasteiger partial charge in [0.2, 0.25) is 0 Å². The van der Waals surface area contributed by atoms with Crippen molar-refractivity contribution < 1.29 is 0 Å². The standard InChI is InChI=1S/C57H105N3S/c1-4-7-10-13-16-19-22-24-26-28-31-34-37-40-46-53-58-60(56-49-43-42-44-50-56,55-48-52-57(61)51-45-39-36-33-30-21-18-15-12-9-6-3)59-54-47-41-38-35-32-29-27-25-23-20-17-14-11-8-5-2/h24-27,33,36,42-44,49-50,57-59H,4-23,28-32,34-35,37-41,45-48,51-55H2,1-3H3/q+1/b26-24-,27-25-,36-33-. The topological polar surface area (TPSA) is 24.1 Å². The lowest BCUT2D eigenvalue weighted by molar-refractivity contribution is 0.113. The maximum Gasteiger partial charge on any atom is 0.171 e. The molecule has 2 N–H and O–H groups in total. The molecule has 0 spiro atoms. The molecule has 0 aliphatic rings. The SMILES string of the molecule is CCCCCCCC/C=C\CCCCCCCN[N+](CCCC([S])CCC/C=C\CCCCCCCC)(NCCCCCCC/C=C\CCCCCCCC)c1ccccc1. The summed E-state index contributed by atoms with van der Waals surface area (Å²) >= 11 is 6.05. The summed E-state index contributed by atoms with van der Waals surface area (Å²) in [6.45, 7) is 10.0. The third kappa shape index (κ3) is 37.7. The van der Waals surface area contributed by atoms with Crippen molar-refractivity contribution >= 4 is 18.3 Å². The van der Waals surface area contributed by atoms with Crippen LogP contribution in [0.4, 0.5) is 5.69 Å². The van der Waals surface area contributed by atoms with Crippen LogP contribution in [0.1, 0.15) is 265 Å². The minimum absolute atomic E-state index is 0.362. The Labute approximate surface area is 388 Å². The fourth-order valence-corrected chi connectivity index (χ4v) is 8.91. The van der Waals surface area contributed by atoms with Crippen LogP contribution in [0.15, 0.2) is 66.8 Å². The van der Waals surface area contributed by atoms with E-state index >= 15 is 0 Å². The maximum atomic E-state index is 6.05. The van der Waals surface area contributed by atoms with E-state index in [0.717, 1.165) is 38.9 Å². The third-order valence-corrected chi connectivity index (χ3v) is 13.1. The molecule has 1 aromatic carbocycles. The van der Waals surface area contributed by atoms with Crippen molar-refractivity contribution in [1.29, 1.82) is 0 Å². The Morgan fingerprint density at radius 1 is 0.393 bits per heavy atom. The lowest BCUT2D eigenvalue weighted by Crippen LogP contribution is -2.68. The van der Waals surface area contributed by atoms with Gasteiger partial charge in [-0.1, -0.05) is 223 Å². The molecule has 0 bridgehead atoms. The van der Waals surface area contributed by atoms with Crippen molar-refractivity contribution in [3.8, 4) is 0 Å². The number of benzene rings is 1. The highest BCUT2D eigenvalue weighted by Gasteiger charge is 2.30. The number of para-hydroxylation sites is 1. The predicted molar refractivity (Wildman–Crippen MR) is 280 cm³/mol. The highest BCUT2D eigenvalue weighted by molar-refractivity contribution is 7.80. The summed E-state index contributed by atoms with van der Waals surface area (Å²) in [5.74, 6) is 0. The van der Waals surface area contributed by atoms with E-state index in [1.54, 1.807) is 0 Å². The zero-order valence-electron chi connectivity index (χ0n) is 41.3. The van der Waals surface area contributed by atoms with E-state index in [1.165, 1.54) is 230 Å². The van der Waals surface area contributed by atoms with Crippen LogP contribution in [-0.2, 0) is 0 Å². The lowest BCUT2D eigenvalue weighted by Gasteiger charge is -2.37. The van der Waals surface area contributed by atoms with Crippen LogP contribution in [0.2, 0.25) is 0 Å². The predicted octanol–water partition coefficient (Wildman–Crippen LogP) is 19.1. The summed E-state index contributed by atoms with van der Waals surface area (Å²) in [4.78, 5) is 0. The molecule has 1 atom stereocenters. The summed E-state index contributed by atoms with van der Waals surface area (Å²) in [6, 6.07) is 11.2. The Morgan fingerprint density at radius 3 is 1.08 bits per heavy atom. The van der Waals surface area contributed by atoms with E-state index in [2.05, 4.69) is 98.4 Å². The number of nitrogens with zero attached hydrogens (tertiary/aromatic N) is 1. The molecule has 353 valence electrons. The molecule has 1 unspecified atom stereocenters. The van der Waals surface area contributed by atoms with E-state index in [1.807, 2.05) is 0 Å². The van der Waals surface area contributed by atoms with Crippen molar-refractivity contribution in [2.24, 2.45) is 0 Å². The van der Waals surface area contributed by atoms with Crippen LogP contribution in [0.3, 0.4) is 0 Å². The van der Waals surface area contributed by atoms with Gasteiger partial charge >= 0.3 is 0 Å². The second-order valence-corrected chi connectivity index (χ2v) is 19.2. The maximum absolute atomic E-state index is 6.05. The van der Waals surface area contributed by atoms with Gasteiger partial charge in [-0.15, -0.1) is 15.6 Å². The lowest BCUT2D eigenvalue weighted by atomic mass is 10.1. The fraction of sp³-hybridized carbons (Fsp3) is 0.789. The molecule has 0 aromatic heterocycles. The van der Waals surface area contributed by atoms with Gasteiger partial charge in [-0.3, -0.25) is 0 Å². The Morgan fingerprint density at radius 2 is 0.705 bits per heavy atom. The van der Waals surface area contributed by atoms with E-state index in [0.29, 0.717) is 9.95 Å². The molecule has 0 fully saturated rings. The first-order valence-corrected chi connectivity index (χ1v) is 27.7. The highest BCUT2D eigenvalue weighted by atomic mass is 32.1. The van der Waals surface area contributed by atoms with Gasteiger partial charge in [-0.05, 0) is 103 Å². The Balaban J connectivity index is 2.55. The van der Waals surface area contributed by atoms with Gasteiger partial charge in [-0.25, -0.2) is 0 Å². The summed E-state index contributed by atoms with van der Waals surface area (Å²) in [5.41, 5.74) is 9.49. The molecule has 0 saturated carbocycles. The normalized spacial score (nSPS) is 12.9. The van der Waals surface area contributed by atoms with Crippen molar-refractivity contribution in [1.82, 2.24) is 15.6 Å². The van der Waals surface area contributed by atoms with Crippen LogP contribution < -0.4 is 15.6 Å². The van der Waals surface area contributed by atoms with Crippen LogP contribution >= 0.6 is 12.6 Å². The van der Waals surface area contributed by atoms with Crippen LogP contribution in [0.25, 0.3) is 0 Å². The van der Waals surface area contributed by atoms with Crippen molar-refractivity contribution in [3.05, 3.63) is 66.8 Å². The van der Waals surface area contributed by atoms with Gasteiger partial charge < -0.3 is 0 Å². The zero-order chi connectivity index (χ0) is 43.8. The minimum atomic E-state index is 0.362. The molecule has 61 heavy (non-hydrogen) atoms. The number of rotatable bonds is 48. The second-order valence-electron chi connectivity index (χ2n) is 18.6. The first-order valence-electron chi connectivity index (χ1n) is 27.2. The largest absolute Gasteiger partial charge is 0.171 e. The van der Waals surface area contributed by atoms with Crippen LogP contribution in [0, 0.1) is 0 Å². The van der Waals surface area contributed by atoms with E-state index in [9.17, 15) is 0 Å². The van der Waals surface area contributed by atoms with Gasteiger partial charge in [0.05, 0.1) is 0 Å². The summed E-state index contributed by atoms with van der Waals surface area (Å²) in [6.07, 6.45) is 64.9. The quantitative estimate of drug-likeness (QED) is 0.0295. The molecule has 1 radical (unpaired) electrons. The zero-order valence-corrected chi connectivity index (χ0v) is 42.1. The van der Waals surface area contributed by atoms with Crippen molar-refractivity contribution in [2.45, 2.75) is 270 Å². The summed E-state index contributed by atoms with van der Waals surface area (Å²) in [7, 11) is 0. The summed E-state index contributed by atoms with van der Waals surface area (Å²) in [5, 5.41) is 0.362. The first kappa shape index (κ1) is 57.7. The molecule has 1 aromatic rings. The number of unbranched alkanes of at least 4 members (excludes halogenated alkanes) is 29. The second kappa shape index (κ2) is 46.7. The Bertz CT molecular complexity index is 1040. The number of allylic oxidation sites excluding steroid dienone is 6. The van der Waals surface area contributed by atoms with Gasteiger partial charge in [0.1, 0.15) is 6.54 Å². The van der Waals surface area contributed by atoms with Gasteiger partial charge in [0.15, 0.2) is 5.69 Å². The minimum Gasteiger partial charge on any atom is -0.143 e. The Kier molecular flexibility index (Phi) is 44.1. The highest BCUT2D eigenvalue weighted by Crippen LogP contribution is 2.22. The molecular weight excluding hydrogens is 759 g/mol. The van der Waals surface area contributed by atoms with Crippen LogP contribution in [-0.4, -0.2) is 24.9 Å². The number of quaternary nitrogens is 1. The van der Waals surface area contributed by atoms with Gasteiger partial charge in [0, 0.05) is 36.9 Å². The molecule has 0 saturated heterocycles. The average Bonchev–Trinajstić information content (AvgIpc) is 3.28. The fourth-order valence-electron chi connectivity index (χ4n) is 8.58. The third-order valence-electron chi connectivity index (χ3n) is 12.6. The molecule has 0 amide bonds. The molecule has 3 nitrogen and oxygen atoms in total. The number of nitrogens with one attached hydrogen (secondary N) is 2. The van der Waals surface area contributed by atoms with Crippen molar-refractivity contribution in [3.63, 3.8) is 0 Å². The average molecular weight is 865 g/mol. The molecule has 4 heteroatoms.